The van der Waals surface area contributed by atoms with Crippen LogP contribution >= 0.6 is 34.8 Å². The molecule has 2 amide bonds. The lowest BCUT2D eigenvalue weighted by Gasteiger charge is -2.28. The zero-order valence-electron chi connectivity index (χ0n) is 78.9. The topological polar surface area (TPSA) is 379 Å². The van der Waals surface area contributed by atoms with Crippen molar-refractivity contribution in [2.75, 3.05) is 80.0 Å². The summed E-state index contributed by atoms with van der Waals surface area (Å²) in [5.74, 6) is -2.60. The molecule has 3 atom stereocenters. The molecule has 0 fully saturated rings. The maximum absolute atomic E-state index is 14.6. The molecular formula is C99H100Cl3F9N14O19. The zero-order valence-corrected chi connectivity index (χ0v) is 81.2. The molecule has 1 aliphatic carbocycles. The number of aliphatic carboxylic acids is 2. The highest BCUT2D eigenvalue weighted by Gasteiger charge is 2.40. The summed E-state index contributed by atoms with van der Waals surface area (Å²) in [7, 11) is 4.50. The van der Waals surface area contributed by atoms with E-state index in [1.165, 1.54) is 138 Å². The van der Waals surface area contributed by atoms with Crippen molar-refractivity contribution in [1.82, 2.24) is 44.3 Å². The van der Waals surface area contributed by atoms with Crippen LogP contribution in [0, 0.1) is 0 Å². The fraction of sp³-hybridized carbons (Fsp3) is 0.333. The van der Waals surface area contributed by atoms with Gasteiger partial charge in [0.05, 0.1) is 69.6 Å². The van der Waals surface area contributed by atoms with E-state index in [4.69, 9.17) is 77.8 Å². The summed E-state index contributed by atoms with van der Waals surface area (Å²) >= 11 is 18.8. The molecule has 12 aromatic rings. The van der Waals surface area contributed by atoms with Crippen molar-refractivity contribution >= 4 is 98.9 Å². The summed E-state index contributed by atoms with van der Waals surface area (Å²) < 4.78 is 175. The van der Waals surface area contributed by atoms with E-state index >= 15 is 0 Å². The Labute approximate surface area is 834 Å². The van der Waals surface area contributed by atoms with E-state index in [9.17, 15) is 73.4 Å². The van der Waals surface area contributed by atoms with Gasteiger partial charge in [0.2, 0.25) is 0 Å². The highest BCUT2D eigenvalue weighted by Crippen LogP contribution is 2.44. The molecule has 3 aliphatic rings. The molecule has 45 heteroatoms. The van der Waals surface area contributed by atoms with Gasteiger partial charge in [-0.3, -0.25) is 24.0 Å². The lowest BCUT2D eigenvalue weighted by atomic mass is 10.0. The fourth-order valence-electron chi connectivity index (χ4n) is 15.3. The number of esters is 2. The van der Waals surface area contributed by atoms with E-state index in [0.717, 1.165) is 30.4 Å². The van der Waals surface area contributed by atoms with Crippen LogP contribution in [0.3, 0.4) is 0 Å². The van der Waals surface area contributed by atoms with Crippen molar-refractivity contribution in [2.45, 2.75) is 161 Å². The minimum absolute atomic E-state index is 0.0286. The van der Waals surface area contributed by atoms with Crippen LogP contribution in [0.1, 0.15) is 144 Å². The van der Waals surface area contributed by atoms with Gasteiger partial charge in [0, 0.05) is 130 Å². The normalized spacial score (nSPS) is 13.2. The molecular weight excluding hydrogens is 1970 g/mol. The minimum Gasteiger partial charge on any atom is -0.497 e. The number of halogens is 12. The van der Waals surface area contributed by atoms with Crippen molar-refractivity contribution in [3.63, 3.8) is 0 Å². The number of benzene rings is 9. The number of fused-ring (bicyclic) bond motifs is 3. The van der Waals surface area contributed by atoms with Crippen molar-refractivity contribution in [2.24, 2.45) is 0 Å². The second-order valence-corrected chi connectivity index (χ2v) is 35.6. The summed E-state index contributed by atoms with van der Waals surface area (Å²) in [5.41, 5.74) is 7.16. The number of carbonyl (C=O) groups excluding carboxylic acids is 4. The number of alkyl halides is 9. The maximum Gasteiger partial charge on any atom is 0.573 e. The monoisotopic (exact) mass is 2060 g/mol. The van der Waals surface area contributed by atoms with Crippen LogP contribution in [0.4, 0.5) is 68.0 Å². The Hall–Kier alpha value is -14.9. The number of hydrogen-bond acceptors (Lipinski definition) is 26. The van der Waals surface area contributed by atoms with Gasteiger partial charge in [0.25, 0.3) is 11.8 Å². The Kier molecular flexibility index (Phi) is 36.1. The molecule has 764 valence electrons. The first kappa shape index (κ1) is 108. The number of rotatable bonds is 36. The van der Waals surface area contributed by atoms with Gasteiger partial charge in [-0.1, -0.05) is 71.2 Å². The molecule has 144 heavy (non-hydrogen) atoms. The van der Waals surface area contributed by atoms with Gasteiger partial charge in [0.15, 0.2) is 6.04 Å². The number of anilines is 5. The number of amides is 2. The molecule has 5 N–H and O–H groups in total. The number of nitrogens with one attached hydrogen (secondary N) is 3. The SMILES string of the molecule is COc1cc(NC(C(=O)N2CCc3ccc(OC(F)(F)F)cc32)c2ccc(Cl)cc2OCCCC(=O)O)cc(-n2cncn2)c1.COc1cc(NC(C(=O)N2CCc3ccc(OC(F)(F)F)cc32)c2ccc(Cl)cc2OCCCC(=O)OC(C)(C)C)cc(-n2cncn2)c1.COc1cc(NC(C(=O)O)c2ccc(Cl)cc2OCCCC(=O)OC(C)(C)C)cc(-n2cncn2)c1.FC(F)(F)Oc1ccc2c(c1)CCC2. The van der Waals surface area contributed by atoms with Gasteiger partial charge >= 0.3 is 43.0 Å². The third-order valence-electron chi connectivity index (χ3n) is 21.4. The number of hydrogen-bond donors (Lipinski definition) is 5. The fourth-order valence-corrected chi connectivity index (χ4v) is 15.8. The number of carbonyl (C=O) groups is 6. The number of aryl methyl sites for hydroxylation is 2. The van der Waals surface area contributed by atoms with E-state index in [2.05, 4.69) is 60.4 Å². The standard InChI is InChI=1S/C34H35ClF3N5O6.C30H27ClF3N5O6.C25H29ClN4O6.C10H9F3O/c1-33(2,3)49-30(44)6-5-13-47-29-14-22(35)8-10-27(29)31(41-23-15-24(17-26(16-23)46-4)43-20-39-19-40-43)32(45)42-12-11-21-7-9-25(18-28(21)42)48-34(36,37)38;1-43-23-13-20(12-21(14-23)39-17-35-16-36-39)37-28(24-7-5-19(31)11-26(24)44-10-2-3-27(40)41)29(42)38-9-8-18-4-6-22(15-25(18)38)45-30(32,33)34;1-25(2,3)36-22(31)6-5-9-35-21-10-16(26)7-8-20(21)23(24(32)33)29-17-11-18(13-19(12-17)34-4)30-15-27-14-28-30;11-10(12,13)14-9-5-4-7-2-1-3-8(7)6-9/h7-10,14-20,31,41H,5-6,11-13H2,1-4H3;4-7,11-17,28,37H,2-3,8-10H2,1H3,(H,40,41);7-8,10-15,23,29H,5-6,9H2,1-4H3,(H,32,33);4-6H,1-3H2. The van der Waals surface area contributed by atoms with E-state index in [0.29, 0.717) is 131 Å². The number of aromatic nitrogens is 9. The van der Waals surface area contributed by atoms with Crippen LogP contribution in [0.5, 0.6) is 51.7 Å². The van der Waals surface area contributed by atoms with Crippen LogP contribution in [0.25, 0.3) is 17.1 Å². The van der Waals surface area contributed by atoms with Crippen LogP contribution < -0.4 is 68.4 Å². The lowest BCUT2D eigenvalue weighted by Crippen LogP contribution is -2.37. The maximum atomic E-state index is 14.6. The summed E-state index contributed by atoms with van der Waals surface area (Å²) in [4.78, 5) is 91.2. The first-order valence-corrected chi connectivity index (χ1v) is 45.8. The van der Waals surface area contributed by atoms with Crippen LogP contribution in [-0.2, 0) is 63.9 Å². The highest BCUT2D eigenvalue weighted by molar-refractivity contribution is 6.31. The molecule has 3 unspecified atom stereocenters. The Morgan fingerprint density at radius 3 is 1.05 bits per heavy atom. The molecule has 0 radical (unpaired) electrons. The first-order valence-electron chi connectivity index (χ1n) is 44.6. The molecule has 9 aromatic carbocycles. The van der Waals surface area contributed by atoms with Crippen molar-refractivity contribution in [3.05, 3.63) is 256 Å². The highest BCUT2D eigenvalue weighted by atomic mass is 35.5. The predicted molar refractivity (Wildman–Crippen MR) is 512 cm³/mol. The second kappa shape index (κ2) is 48.2. The van der Waals surface area contributed by atoms with E-state index in [-0.39, 0.29) is 93.5 Å². The van der Waals surface area contributed by atoms with E-state index in [1.807, 2.05) is 0 Å². The second-order valence-electron chi connectivity index (χ2n) is 34.3. The molecule has 2 aliphatic heterocycles. The molecule has 15 rings (SSSR count). The van der Waals surface area contributed by atoms with Crippen LogP contribution in [-0.4, -0.2) is 175 Å². The molecule has 3 aromatic heterocycles. The Balaban J connectivity index is 0.000000181. The third-order valence-corrected chi connectivity index (χ3v) is 22.1. The molecule has 0 saturated carbocycles. The van der Waals surface area contributed by atoms with Gasteiger partial charge in [-0.15, -0.1) is 39.5 Å². The molecule has 0 saturated heterocycles. The largest absolute Gasteiger partial charge is 0.573 e. The summed E-state index contributed by atoms with van der Waals surface area (Å²) in [6.07, 6.45) is -1.02. The van der Waals surface area contributed by atoms with Crippen molar-refractivity contribution < 1.29 is 131 Å². The summed E-state index contributed by atoms with van der Waals surface area (Å²) in [5, 5.41) is 42.1. The van der Waals surface area contributed by atoms with Crippen LogP contribution in [0.15, 0.2) is 202 Å². The molecule has 0 spiro atoms. The number of carboxylic acids is 2. The third kappa shape index (κ3) is 31.8. The smallest absolute Gasteiger partial charge is 0.497 e. The average molecular weight is 2070 g/mol. The van der Waals surface area contributed by atoms with Gasteiger partial charge in [-0.2, -0.15) is 15.3 Å². The summed E-state index contributed by atoms with van der Waals surface area (Å²) in [6, 6.07) is 38.6. The van der Waals surface area contributed by atoms with Gasteiger partial charge in [-0.05, 0) is 194 Å². The number of carboxylic acid groups (broad SMARTS) is 2. The Morgan fingerprint density at radius 1 is 0.389 bits per heavy atom. The van der Waals surface area contributed by atoms with Gasteiger partial charge < -0.3 is 88.1 Å². The van der Waals surface area contributed by atoms with Crippen molar-refractivity contribution in [3.8, 4) is 68.8 Å². The first-order chi connectivity index (χ1) is 68.3. The Morgan fingerprint density at radius 2 is 0.722 bits per heavy atom. The summed E-state index contributed by atoms with van der Waals surface area (Å²) in [6.45, 7) is 11.5. The molecule has 0 bridgehead atoms. The lowest BCUT2D eigenvalue weighted by molar-refractivity contribution is -0.275. The molecule has 33 nitrogen and oxygen atoms in total. The number of methoxy groups -OCH3 is 3. The Bertz CT molecular complexity index is 6450. The average Bonchev–Trinajstić information content (AvgIpc) is 1.59. The van der Waals surface area contributed by atoms with Gasteiger partial charge in [-0.25, -0.2) is 33.8 Å². The van der Waals surface area contributed by atoms with E-state index in [1.54, 1.807) is 151 Å². The van der Waals surface area contributed by atoms with Crippen molar-refractivity contribution in [1.29, 1.82) is 0 Å². The quantitative estimate of drug-likeness (QED) is 0.0138. The van der Waals surface area contributed by atoms with Crippen LogP contribution in [0.2, 0.25) is 15.1 Å². The molecule has 5 heterocycles. The number of ether oxygens (including phenoxy) is 11. The van der Waals surface area contributed by atoms with Gasteiger partial charge in [0.1, 0.15) is 113 Å². The number of nitrogens with zero attached hydrogens (tertiary/aromatic N) is 11. The minimum atomic E-state index is -4.91. The zero-order chi connectivity index (χ0) is 104. The van der Waals surface area contributed by atoms with E-state index < -0.39 is 83.7 Å². The predicted octanol–water partition coefficient (Wildman–Crippen LogP) is 20.6.